The molecule has 2 rings (SSSR count). The summed E-state index contributed by atoms with van der Waals surface area (Å²) in [6, 6.07) is 2.98. The summed E-state index contributed by atoms with van der Waals surface area (Å²) in [5.41, 5.74) is -0.0117. The first-order chi connectivity index (χ1) is 9.49. The number of rotatable bonds is 3. The van der Waals surface area contributed by atoms with E-state index in [1.165, 1.54) is 11.8 Å². The van der Waals surface area contributed by atoms with Crippen molar-refractivity contribution in [1.29, 1.82) is 5.26 Å². The highest BCUT2D eigenvalue weighted by atomic mass is 32.2. The summed E-state index contributed by atoms with van der Waals surface area (Å²) in [6.45, 7) is 0. The van der Waals surface area contributed by atoms with Gasteiger partial charge in [0.2, 0.25) is 0 Å². The first-order valence-electron chi connectivity index (χ1n) is 6.31. The number of halogens is 3. The third-order valence-electron chi connectivity index (χ3n) is 3.04. The van der Waals surface area contributed by atoms with Crippen molar-refractivity contribution in [3.8, 4) is 11.8 Å². The summed E-state index contributed by atoms with van der Waals surface area (Å²) in [7, 11) is 0. The van der Waals surface area contributed by atoms with Crippen LogP contribution in [0.2, 0.25) is 0 Å². The smallest absolute Gasteiger partial charge is 0.404 e. The largest absolute Gasteiger partial charge is 0.573 e. The van der Waals surface area contributed by atoms with Crippen LogP contribution in [-0.2, 0) is 0 Å². The summed E-state index contributed by atoms with van der Waals surface area (Å²) >= 11 is 1.27. The lowest BCUT2D eigenvalue weighted by molar-refractivity contribution is -0.275. The Morgan fingerprint density at radius 2 is 2.00 bits per heavy atom. The highest BCUT2D eigenvalue weighted by Crippen LogP contribution is 2.40. The molecule has 1 aliphatic rings. The maximum absolute atomic E-state index is 12.4. The third-order valence-corrected chi connectivity index (χ3v) is 4.47. The van der Waals surface area contributed by atoms with Gasteiger partial charge in [0.05, 0.1) is 4.90 Å². The number of alkyl halides is 3. The molecule has 20 heavy (non-hydrogen) atoms. The fraction of sp³-hybridized carbons (Fsp3) is 0.538. The van der Waals surface area contributed by atoms with E-state index in [-0.39, 0.29) is 21.6 Å². The standard InChI is InChI=1S/C13H13F3N2OS/c14-13(15,16)19-11-6-7-18-10(8-17)12(11)20-9-4-2-1-3-5-9/h6-7,9H,1-5H2. The average molecular weight is 302 g/mol. The van der Waals surface area contributed by atoms with Crippen LogP contribution in [0.3, 0.4) is 0 Å². The maximum atomic E-state index is 12.4. The second-order valence-electron chi connectivity index (χ2n) is 4.52. The number of hydrogen-bond acceptors (Lipinski definition) is 4. The lowest BCUT2D eigenvalue weighted by Gasteiger charge is -2.22. The van der Waals surface area contributed by atoms with Gasteiger partial charge in [-0.25, -0.2) is 4.98 Å². The maximum Gasteiger partial charge on any atom is 0.573 e. The number of ether oxygens (including phenoxy) is 1. The minimum Gasteiger partial charge on any atom is -0.404 e. The van der Waals surface area contributed by atoms with Gasteiger partial charge in [-0.1, -0.05) is 19.3 Å². The Morgan fingerprint density at radius 3 is 2.60 bits per heavy atom. The molecule has 0 aromatic carbocycles. The minimum atomic E-state index is -4.77. The van der Waals surface area contributed by atoms with Crippen LogP contribution in [0.15, 0.2) is 17.2 Å². The fourth-order valence-corrected chi connectivity index (χ4v) is 3.52. The molecule has 108 valence electrons. The van der Waals surface area contributed by atoms with Crippen molar-refractivity contribution >= 4 is 11.8 Å². The van der Waals surface area contributed by atoms with Crippen LogP contribution in [0.5, 0.6) is 5.75 Å². The zero-order chi connectivity index (χ0) is 14.6. The lowest BCUT2D eigenvalue weighted by atomic mass is 10.0. The molecule has 1 heterocycles. The summed E-state index contributed by atoms with van der Waals surface area (Å²) in [5, 5.41) is 9.23. The second kappa shape index (κ2) is 6.35. The van der Waals surface area contributed by atoms with Crippen molar-refractivity contribution in [2.75, 3.05) is 0 Å². The van der Waals surface area contributed by atoms with Crippen molar-refractivity contribution in [2.24, 2.45) is 0 Å². The monoisotopic (exact) mass is 302 g/mol. The predicted molar refractivity (Wildman–Crippen MR) is 68.4 cm³/mol. The highest BCUT2D eigenvalue weighted by Gasteiger charge is 2.33. The molecule has 0 aliphatic heterocycles. The van der Waals surface area contributed by atoms with E-state index in [4.69, 9.17) is 5.26 Å². The van der Waals surface area contributed by atoms with E-state index >= 15 is 0 Å². The number of hydrogen-bond donors (Lipinski definition) is 0. The van der Waals surface area contributed by atoms with Crippen LogP contribution in [0.1, 0.15) is 37.8 Å². The lowest BCUT2D eigenvalue weighted by Crippen LogP contribution is -2.18. The number of nitriles is 1. The van der Waals surface area contributed by atoms with E-state index in [0.717, 1.165) is 44.4 Å². The summed E-state index contributed by atoms with van der Waals surface area (Å²) in [6.07, 6.45) is 1.55. The van der Waals surface area contributed by atoms with Gasteiger partial charge in [-0.2, -0.15) is 5.26 Å². The molecule has 0 bridgehead atoms. The van der Waals surface area contributed by atoms with Gasteiger partial charge in [-0.05, 0) is 12.8 Å². The molecule has 0 radical (unpaired) electrons. The second-order valence-corrected chi connectivity index (χ2v) is 5.83. The van der Waals surface area contributed by atoms with Crippen LogP contribution in [0.25, 0.3) is 0 Å². The summed E-state index contributed by atoms with van der Waals surface area (Å²) in [5.74, 6) is -0.334. The molecule has 1 saturated carbocycles. The van der Waals surface area contributed by atoms with Gasteiger partial charge < -0.3 is 4.74 Å². The molecule has 1 aromatic rings. The van der Waals surface area contributed by atoms with Crippen LogP contribution in [0, 0.1) is 11.3 Å². The average Bonchev–Trinajstić information content (AvgIpc) is 2.40. The Hall–Kier alpha value is -1.42. The number of nitrogens with zero attached hydrogens (tertiary/aromatic N) is 2. The van der Waals surface area contributed by atoms with Crippen molar-refractivity contribution in [3.63, 3.8) is 0 Å². The van der Waals surface area contributed by atoms with Crippen molar-refractivity contribution in [3.05, 3.63) is 18.0 Å². The number of aromatic nitrogens is 1. The van der Waals surface area contributed by atoms with Crippen LogP contribution in [0.4, 0.5) is 13.2 Å². The zero-order valence-electron chi connectivity index (χ0n) is 10.6. The topological polar surface area (TPSA) is 45.9 Å². The van der Waals surface area contributed by atoms with E-state index in [1.807, 2.05) is 6.07 Å². The van der Waals surface area contributed by atoms with Gasteiger partial charge >= 0.3 is 6.36 Å². The van der Waals surface area contributed by atoms with Gasteiger partial charge in [0, 0.05) is 17.5 Å². The third kappa shape index (κ3) is 4.04. The van der Waals surface area contributed by atoms with Gasteiger partial charge in [-0.15, -0.1) is 24.9 Å². The predicted octanol–water partition coefficient (Wildman–Crippen LogP) is 4.28. The molecular formula is C13H13F3N2OS. The van der Waals surface area contributed by atoms with E-state index in [0.29, 0.717) is 0 Å². The van der Waals surface area contributed by atoms with E-state index in [9.17, 15) is 13.2 Å². The zero-order valence-corrected chi connectivity index (χ0v) is 11.4. The van der Waals surface area contributed by atoms with Crippen molar-refractivity contribution < 1.29 is 17.9 Å². The van der Waals surface area contributed by atoms with E-state index in [1.54, 1.807) is 0 Å². The molecule has 0 N–H and O–H groups in total. The highest BCUT2D eigenvalue weighted by molar-refractivity contribution is 8.00. The Morgan fingerprint density at radius 1 is 1.30 bits per heavy atom. The Balaban J connectivity index is 2.25. The van der Waals surface area contributed by atoms with Crippen LogP contribution >= 0.6 is 11.8 Å². The van der Waals surface area contributed by atoms with Crippen molar-refractivity contribution in [2.45, 2.75) is 48.6 Å². The van der Waals surface area contributed by atoms with Crippen LogP contribution < -0.4 is 4.74 Å². The molecule has 1 aliphatic carbocycles. The normalized spacial score (nSPS) is 16.7. The molecular weight excluding hydrogens is 289 g/mol. The number of pyridine rings is 1. The molecule has 0 saturated heterocycles. The molecule has 0 atom stereocenters. The van der Waals surface area contributed by atoms with E-state index < -0.39 is 6.36 Å². The SMILES string of the molecule is N#Cc1nccc(OC(F)(F)F)c1SC1CCCCC1. The quantitative estimate of drug-likeness (QED) is 0.836. The molecule has 1 fully saturated rings. The van der Waals surface area contributed by atoms with Gasteiger partial charge in [-0.3, -0.25) is 0 Å². The molecule has 3 nitrogen and oxygen atoms in total. The Labute approximate surface area is 119 Å². The number of thioether (sulfide) groups is 1. The van der Waals surface area contributed by atoms with Gasteiger partial charge in [0.25, 0.3) is 0 Å². The first kappa shape index (κ1) is 15.0. The van der Waals surface area contributed by atoms with Gasteiger partial charge in [0.15, 0.2) is 5.69 Å². The Bertz CT molecular complexity index is 507. The summed E-state index contributed by atoms with van der Waals surface area (Å²) in [4.78, 5) is 4.02. The van der Waals surface area contributed by atoms with Crippen molar-refractivity contribution in [1.82, 2.24) is 4.98 Å². The van der Waals surface area contributed by atoms with E-state index in [2.05, 4.69) is 9.72 Å². The first-order valence-corrected chi connectivity index (χ1v) is 7.19. The minimum absolute atomic E-state index is 0.0117. The molecule has 1 aromatic heterocycles. The fourth-order valence-electron chi connectivity index (χ4n) is 2.18. The molecule has 0 spiro atoms. The Kier molecular flexibility index (Phi) is 4.76. The molecule has 0 unspecified atom stereocenters. The van der Waals surface area contributed by atoms with Crippen LogP contribution in [-0.4, -0.2) is 16.6 Å². The van der Waals surface area contributed by atoms with Gasteiger partial charge in [0.1, 0.15) is 11.8 Å². The summed E-state index contributed by atoms with van der Waals surface area (Å²) < 4.78 is 41.2. The molecule has 7 heteroatoms. The molecule has 0 amide bonds.